The third kappa shape index (κ3) is 7.16. The lowest BCUT2D eigenvalue weighted by Gasteiger charge is -2.41. The number of rotatable bonds is 14. The van der Waals surface area contributed by atoms with Crippen LogP contribution >= 0.6 is 54.5 Å². The van der Waals surface area contributed by atoms with Crippen LogP contribution in [0.25, 0.3) is 10.1 Å². The molecule has 0 unspecified atom stereocenters. The third-order valence-corrected chi connectivity index (χ3v) is 16.2. The number of esters is 1. The molecule has 0 amide bonds. The van der Waals surface area contributed by atoms with Gasteiger partial charge in [-0.3, -0.25) is 4.79 Å². The van der Waals surface area contributed by atoms with Gasteiger partial charge < -0.3 is 9.53 Å². The maximum absolute atomic E-state index is 14.6. The van der Waals surface area contributed by atoms with E-state index in [2.05, 4.69) is 70.0 Å². The average Bonchev–Trinajstić information content (AvgIpc) is 3.42. The Hall–Kier alpha value is -1.36. The van der Waals surface area contributed by atoms with Crippen molar-refractivity contribution in [3.8, 4) is 5.06 Å². The summed E-state index contributed by atoms with van der Waals surface area (Å²) in [6.45, 7) is 4.45. The van der Waals surface area contributed by atoms with Crippen molar-refractivity contribution >= 4 is 89.3 Å². The molecule has 2 aromatic heterocycles. The van der Waals surface area contributed by atoms with Crippen LogP contribution in [0.2, 0.25) is 5.04 Å². The van der Waals surface area contributed by atoms with Gasteiger partial charge in [-0.15, -0.1) is 11.3 Å². The monoisotopic (exact) mass is 724 g/mol. The van der Waals surface area contributed by atoms with Crippen LogP contribution in [0.3, 0.4) is 0 Å². The molecule has 2 heterocycles. The smallest absolute Gasteiger partial charge is 0.312 e. The SMILES string of the molecule is CC(C)(CCCCCCCCCC(=O)Oc1sc2c(Br)sc(Br)c2c1F)[Si](O)(c1ccccc1)c1ccccc1. The van der Waals surface area contributed by atoms with Crippen molar-refractivity contribution in [2.75, 3.05) is 0 Å². The Kier molecular flexibility index (Phi) is 11.2. The molecule has 0 atom stereocenters. The maximum Gasteiger partial charge on any atom is 0.312 e. The Labute approximate surface area is 262 Å². The van der Waals surface area contributed by atoms with Gasteiger partial charge in [0, 0.05) is 6.42 Å². The van der Waals surface area contributed by atoms with Crippen LogP contribution in [0, 0.1) is 5.82 Å². The number of benzene rings is 2. The lowest BCUT2D eigenvalue weighted by atomic mass is 10.0. The minimum Gasteiger partial charge on any atom is -0.424 e. The van der Waals surface area contributed by atoms with Gasteiger partial charge in [-0.25, -0.2) is 4.39 Å². The number of thiophene rings is 2. The van der Waals surface area contributed by atoms with Crippen LogP contribution < -0.4 is 15.1 Å². The van der Waals surface area contributed by atoms with Gasteiger partial charge in [0.05, 0.1) is 17.7 Å². The van der Waals surface area contributed by atoms with Gasteiger partial charge in [0.2, 0.25) is 5.06 Å². The van der Waals surface area contributed by atoms with Crippen molar-refractivity contribution in [1.29, 1.82) is 0 Å². The molecular weight excluding hydrogens is 691 g/mol. The van der Waals surface area contributed by atoms with E-state index in [9.17, 15) is 14.0 Å². The van der Waals surface area contributed by atoms with E-state index in [1.807, 2.05) is 36.4 Å². The first-order valence-electron chi connectivity index (χ1n) is 13.7. The summed E-state index contributed by atoms with van der Waals surface area (Å²) in [6.07, 6.45) is 8.47. The zero-order valence-corrected chi connectivity index (χ0v) is 28.7. The molecule has 0 fully saturated rings. The lowest BCUT2D eigenvalue weighted by molar-refractivity contribution is -0.134. The fraction of sp³-hybridized carbons (Fsp3) is 0.387. The highest BCUT2D eigenvalue weighted by Gasteiger charge is 2.49. The topological polar surface area (TPSA) is 46.5 Å². The molecule has 40 heavy (non-hydrogen) atoms. The van der Waals surface area contributed by atoms with Gasteiger partial charge in [-0.2, -0.15) is 0 Å². The minimum atomic E-state index is -2.94. The highest BCUT2D eigenvalue weighted by atomic mass is 79.9. The van der Waals surface area contributed by atoms with Gasteiger partial charge >= 0.3 is 5.97 Å². The lowest BCUT2D eigenvalue weighted by Crippen LogP contribution is -2.65. The predicted molar refractivity (Wildman–Crippen MR) is 176 cm³/mol. The molecule has 0 saturated carbocycles. The number of unbranched alkanes of at least 4 members (excludes halogenated alkanes) is 6. The summed E-state index contributed by atoms with van der Waals surface area (Å²) in [6, 6.07) is 20.4. The van der Waals surface area contributed by atoms with Crippen molar-refractivity contribution in [3.05, 3.63) is 74.1 Å². The molecule has 4 rings (SSSR count). The Balaban J connectivity index is 1.17. The molecule has 0 radical (unpaired) electrons. The second-order valence-electron chi connectivity index (χ2n) is 10.8. The second kappa shape index (κ2) is 14.2. The van der Waals surface area contributed by atoms with E-state index in [0.717, 1.165) is 81.6 Å². The Bertz CT molecular complexity index is 1370. The molecule has 0 aliphatic carbocycles. The van der Waals surface area contributed by atoms with E-state index in [1.54, 1.807) is 0 Å². The number of carbonyl (C=O) groups is 1. The fourth-order valence-corrected chi connectivity index (χ4v) is 13.5. The minimum absolute atomic E-state index is 0.0432. The van der Waals surface area contributed by atoms with Crippen molar-refractivity contribution in [1.82, 2.24) is 0 Å². The summed E-state index contributed by atoms with van der Waals surface area (Å²) in [5.41, 5.74) is 0. The van der Waals surface area contributed by atoms with Crippen LogP contribution in [0.1, 0.15) is 71.6 Å². The van der Waals surface area contributed by atoms with E-state index in [1.165, 1.54) is 11.3 Å². The number of hydrogen-bond donors (Lipinski definition) is 1. The third-order valence-electron chi connectivity index (χ3n) is 7.63. The van der Waals surface area contributed by atoms with E-state index in [0.29, 0.717) is 15.6 Å². The number of fused-ring (bicyclic) bond motifs is 1. The van der Waals surface area contributed by atoms with Crippen molar-refractivity contribution < 1.29 is 18.7 Å². The van der Waals surface area contributed by atoms with E-state index < -0.39 is 14.1 Å². The first-order chi connectivity index (χ1) is 19.1. The molecule has 0 aliphatic heterocycles. The number of carbonyl (C=O) groups excluding carboxylic acids is 1. The summed E-state index contributed by atoms with van der Waals surface area (Å²) < 4.78 is 22.3. The van der Waals surface area contributed by atoms with Crippen molar-refractivity contribution in [3.63, 3.8) is 0 Å². The van der Waals surface area contributed by atoms with Crippen molar-refractivity contribution in [2.24, 2.45) is 0 Å². The summed E-state index contributed by atoms with van der Waals surface area (Å²) >= 11 is 9.37. The highest BCUT2D eigenvalue weighted by Crippen LogP contribution is 2.48. The van der Waals surface area contributed by atoms with Gasteiger partial charge in [0.25, 0.3) is 8.32 Å². The number of ether oxygens (including phenoxy) is 1. The van der Waals surface area contributed by atoms with Crippen LogP contribution in [0.5, 0.6) is 5.06 Å². The quantitative estimate of drug-likeness (QED) is 0.0801. The highest BCUT2D eigenvalue weighted by molar-refractivity contribution is 9.12. The number of hydrogen-bond acceptors (Lipinski definition) is 5. The average molecular weight is 727 g/mol. The van der Waals surface area contributed by atoms with E-state index in [-0.39, 0.29) is 16.1 Å². The van der Waals surface area contributed by atoms with Gasteiger partial charge in [0.1, 0.15) is 0 Å². The normalized spacial score (nSPS) is 12.2. The molecule has 9 heteroatoms. The molecule has 3 nitrogen and oxygen atoms in total. The summed E-state index contributed by atoms with van der Waals surface area (Å²) in [7, 11) is -2.94. The second-order valence-corrected chi connectivity index (χ2v) is 19.4. The molecule has 4 aromatic rings. The molecule has 0 saturated heterocycles. The molecule has 1 N–H and O–H groups in total. The Morgan fingerprint density at radius 1 is 0.850 bits per heavy atom. The number of halogens is 3. The molecule has 0 bridgehead atoms. The van der Waals surface area contributed by atoms with Gasteiger partial charge in [-0.05, 0) is 60.1 Å². The van der Waals surface area contributed by atoms with E-state index >= 15 is 0 Å². The van der Waals surface area contributed by atoms with E-state index in [4.69, 9.17) is 4.74 Å². The van der Waals surface area contributed by atoms with Gasteiger partial charge in [0.15, 0.2) is 5.82 Å². The predicted octanol–water partition coefficient (Wildman–Crippen LogP) is 9.58. The largest absolute Gasteiger partial charge is 0.424 e. The molecule has 2 aromatic carbocycles. The maximum atomic E-state index is 14.6. The summed E-state index contributed by atoms with van der Waals surface area (Å²) in [5.74, 6) is -0.853. The zero-order valence-electron chi connectivity index (χ0n) is 22.9. The standard InChI is InChI=1S/C31H35Br2FO3S2Si/c1-31(2,40(36,22-16-10-8-11-17-22)23-18-12-9-13-19-23)21-15-7-5-3-4-6-14-20-24(35)37-30-26(34)25-27(38-30)29(33)39-28(25)32/h8-13,16-19,36H,3-7,14-15,20-21H2,1-2H3. The van der Waals surface area contributed by atoms with Crippen LogP contribution in [-0.4, -0.2) is 19.1 Å². The fourth-order valence-electron chi connectivity index (χ4n) is 5.31. The van der Waals surface area contributed by atoms with Crippen LogP contribution in [0.15, 0.2) is 68.2 Å². The summed E-state index contributed by atoms with van der Waals surface area (Å²) in [4.78, 5) is 24.5. The molecule has 0 aliphatic rings. The first kappa shape index (κ1) is 31.6. The summed E-state index contributed by atoms with van der Waals surface area (Å²) in [5, 5.41) is 2.43. The first-order valence-corrected chi connectivity index (χ1v) is 18.9. The van der Waals surface area contributed by atoms with Gasteiger partial charge in [-0.1, -0.05) is 124 Å². The molecule has 0 spiro atoms. The zero-order chi connectivity index (χ0) is 28.8. The molecule has 214 valence electrons. The van der Waals surface area contributed by atoms with Crippen LogP contribution in [-0.2, 0) is 4.79 Å². The molecular formula is C31H35Br2FO3S2Si. The van der Waals surface area contributed by atoms with Crippen molar-refractivity contribution in [2.45, 2.75) is 76.7 Å². The Morgan fingerprint density at radius 2 is 1.38 bits per heavy atom. The Morgan fingerprint density at radius 3 is 1.93 bits per heavy atom. The van der Waals surface area contributed by atoms with Crippen LogP contribution in [0.4, 0.5) is 4.39 Å².